The number of hydrogen-bond donors (Lipinski definition) is 1. The number of carbonyl (C=O) groups is 1. The van der Waals surface area contributed by atoms with Gasteiger partial charge in [-0.1, -0.05) is 25.7 Å². The second-order valence-corrected chi connectivity index (χ2v) is 9.11. The molecule has 0 bridgehead atoms. The highest BCUT2D eigenvalue weighted by Gasteiger charge is 2.25. The minimum absolute atomic E-state index is 0.102. The maximum atomic E-state index is 12.8. The summed E-state index contributed by atoms with van der Waals surface area (Å²) < 4.78 is 27.2. The first-order chi connectivity index (χ1) is 12.6. The van der Waals surface area contributed by atoms with Crippen LogP contribution in [-0.2, 0) is 10.0 Å². The highest BCUT2D eigenvalue weighted by atomic mass is 32.2. The fourth-order valence-electron chi connectivity index (χ4n) is 3.62. The van der Waals surface area contributed by atoms with Crippen molar-refractivity contribution in [2.75, 3.05) is 31.5 Å². The summed E-state index contributed by atoms with van der Waals surface area (Å²) in [5.41, 5.74) is 0.633. The summed E-state index contributed by atoms with van der Waals surface area (Å²) in [7, 11) is -3.45. The molecule has 0 saturated carbocycles. The molecule has 2 saturated heterocycles. The van der Waals surface area contributed by atoms with Crippen molar-refractivity contribution in [2.45, 2.75) is 56.3 Å². The molecule has 0 aliphatic carbocycles. The summed E-state index contributed by atoms with van der Waals surface area (Å²) in [6.45, 7) is 2.76. The molecule has 26 heavy (non-hydrogen) atoms. The zero-order chi connectivity index (χ0) is 18.4. The fourth-order valence-corrected chi connectivity index (χ4v) is 5.13. The van der Waals surface area contributed by atoms with E-state index in [0.717, 1.165) is 51.6 Å². The predicted octanol–water partition coefficient (Wildman–Crippen LogP) is 3.66. The maximum absolute atomic E-state index is 12.8. The molecule has 3 rings (SSSR count). The van der Waals surface area contributed by atoms with Crippen LogP contribution in [0.15, 0.2) is 29.2 Å². The molecular formula is C19H29N3O3S. The molecule has 0 radical (unpaired) electrons. The molecule has 1 aromatic carbocycles. The first kappa shape index (κ1) is 19.2. The Hall–Kier alpha value is -1.60. The summed E-state index contributed by atoms with van der Waals surface area (Å²) in [6, 6.07) is 6.45. The van der Waals surface area contributed by atoms with Gasteiger partial charge in [-0.05, 0) is 49.9 Å². The molecule has 2 amide bonds. The first-order valence-electron chi connectivity index (χ1n) is 9.73. The summed E-state index contributed by atoms with van der Waals surface area (Å²) in [6.07, 6.45) is 8.45. The highest BCUT2D eigenvalue weighted by Crippen LogP contribution is 2.22. The van der Waals surface area contributed by atoms with Crippen LogP contribution >= 0.6 is 0 Å². The summed E-state index contributed by atoms with van der Waals surface area (Å²) in [4.78, 5) is 14.5. The number of rotatable bonds is 3. The van der Waals surface area contributed by atoms with E-state index in [4.69, 9.17) is 0 Å². The van der Waals surface area contributed by atoms with Gasteiger partial charge in [-0.2, -0.15) is 4.31 Å². The van der Waals surface area contributed by atoms with Crippen molar-refractivity contribution in [3.63, 3.8) is 0 Å². The Morgan fingerprint density at radius 3 is 1.81 bits per heavy atom. The third-order valence-corrected chi connectivity index (χ3v) is 7.11. The normalized spacial score (nSPS) is 20.2. The molecule has 0 unspecified atom stereocenters. The molecule has 2 aliphatic heterocycles. The van der Waals surface area contributed by atoms with Crippen LogP contribution in [0.25, 0.3) is 0 Å². The summed E-state index contributed by atoms with van der Waals surface area (Å²) in [5.74, 6) is 0. The number of anilines is 1. The van der Waals surface area contributed by atoms with Crippen LogP contribution in [0.3, 0.4) is 0 Å². The van der Waals surface area contributed by atoms with E-state index in [2.05, 4.69) is 5.32 Å². The third-order valence-electron chi connectivity index (χ3n) is 5.20. The van der Waals surface area contributed by atoms with Gasteiger partial charge in [-0.25, -0.2) is 13.2 Å². The van der Waals surface area contributed by atoms with Gasteiger partial charge in [0.05, 0.1) is 4.90 Å². The minimum Gasteiger partial charge on any atom is -0.325 e. The summed E-state index contributed by atoms with van der Waals surface area (Å²) in [5, 5.41) is 2.89. The van der Waals surface area contributed by atoms with Gasteiger partial charge in [0.2, 0.25) is 10.0 Å². The number of benzene rings is 1. The second kappa shape index (κ2) is 8.86. The van der Waals surface area contributed by atoms with Gasteiger partial charge in [0.25, 0.3) is 0 Å². The van der Waals surface area contributed by atoms with E-state index in [9.17, 15) is 13.2 Å². The molecule has 144 valence electrons. The van der Waals surface area contributed by atoms with Crippen molar-refractivity contribution in [1.82, 2.24) is 9.21 Å². The van der Waals surface area contributed by atoms with Gasteiger partial charge >= 0.3 is 6.03 Å². The second-order valence-electron chi connectivity index (χ2n) is 7.17. The highest BCUT2D eigenvalue weighted by molar-refractivity contribution is 7.89. The molecule has 1 N–H and O–H groups in total. The number of nitrogens with zero attached hydrogens (tertiary/aromatic N) is 2. The number of urea groups is 1. The topological polar surface area (TPSA) is 69.7 Å². The van der Waals surface area contributed by atoms with Crippen molar-refractivity contribution in [2.24, 2.45) is 0 Å². The minimum atomic E-state index is -3.45. The Kier molecular flexibility index (Phi) is 6.53. The Balaban J connectivity index is 1.64. The molecule has 7 heteroatoms. The number of sulfonamides is 1. The van der Waals surface area contributed by atoms with E-state index in [1.807, 2.05) is 4.90 Å². The average molecular weight is 380 g/mol. The van der Waals surface area contributed by atoms with E-state index in [1.54, 1.807) is 28.6 Å². The monoisotopic (exact) mass is 379 g/mol. The maximum Gasteiger partial charge on any atom is 0.321 e. The fraction of sp³-hybridized carbons (Fsp3) is 0.632. The number of hydrogen-bond acceptors (Lipinski definition) is 3. The van der Waals surface area contributed by atoms with Crippen molar-refractivity contribution in [1.29, 1.82) is 0 Å². The standard InChI is InChI=1S/C19H29N3O3S/c23-19(21-13-5-1-2-6-14-21)20-17-9-11-18(12-10-17)26(24,25)22-15-7-3-4-8-16-22/h9-12H,1-8,13-16H2,(H,20,23). The lowest BCUT2D eigenvalue weighted by atomic mass is 10.2. The molecule has 2 fully saturated rings. The number of likely N-dealkylation sites (tertiary alicyclic amines) is 1. The molecular weight excluding hydrogens is 350 g/mol. The Bertz CT molecular complexity index is 687. The SMILES string of the molecule is O=C(Nc1ccc(S(=O)(=O)N2CCCCCC2)cc1)N1CCCCCC1. The van der Waals surface area contributed by atoms with Crippen molar-refractivity contribution in [3.05, 3.63) is 24.3 Å². The Morgan fingerprint density at radius 1 is 0.769 bits per heavy atom. The number of carbonyl (C=O) groups excluding carboxylic acids is 1. The molecule has 2 heterocycles. The Morgan fingerprint density at radius 2 is 1.27 bits per heavy atom. The smallest absolute Gasteiger partial charge is 0.321 e. The number of nitrogens with one attached hydrogen (secondary N) is 1. The van der Waals surface area contributed by atoms with E-state index < -0.39 is 10.0 Å². The lowest BCUT2D eigenvalue weighted by Gasteiger charge is -2.21. The zero-order valence-electron chi connectivity index (χ0n) is 15.3. The van der Waals surface area contributed by atoms with Gasteiger partial charge in [0, 0.05) is 31.9 Å². The van der Waals surface area contributed by atoms with Crippen LogP contribution < -0.4 is 5.32 Å². The molecule has 0 spiro atoms. The van der Waals surface area contributed by atoms with Crippen LogP contribution in [0.5, 0.6) is 0 Å². The van der Waals surface area contributed by atoms with Crippen LogP contribution in [-0.4, -0.2) is 49.8 Å². The Labute approximate surface area is 156 Å². The van der Waals surface area contributed by atoms with Gasteiger partial charge in [-0.15, -0.1) is 0 Å². The first-order valence-corrected chi connectivity index (χ1v) is 11.2. The van der Waals surface area contributed by atoms with Gasteiger partial charge < -0.3 is 10.2 Å². The molecule has 0 atom stereocenters. The van der Waals surface area contributed by atoms with Crippen LogP contribution in [0.4, 0.5) is 10.5 Å². The average Bonchev–Trinajstić information content (AvgIpc) is 3.08. The van der Waals surface area contributed by atoms with E-state index in [-0.39, 0.29) is 6.03 Å². The van der Waals surface area contributed by atoms with Crippen molar-refractivity contribution in [3.8, 4) is 0 Å². The largest absolute Gasteiger partial charge is 0.325 e. The predicted molar refractivity (Wildman–Crippen MR) is 103 cm³/mol. The molecule has 0 aromatic heterocycles. The van der Waals surface area contributed by atoms with Gasteiger partial charge in [0.15, 0.2) is 0 Å². The van der Waals surface area contributed by atoms with Crippen LogP contribution in [0, 0.1) is 0 Å². The van der Waals surface area contributed by atoms with E-state index >= 15 is 0 Å². The van der Waals surface area contributed by atoms with Gasteiger partial charge in [-0.3, -0.25) is 0 Å². The van der Waals surface area contributed by atoms with E-state index in [0.29, 0.717) is 23.7 Å². The van der Waals surface area contributed by atoms with Crippen LogP contribution in [0.1, 0.15) is 51.4 Å². The zero-order valence-corrected chi connectivity index (χ0v) is 16.1. The lowest BCUT2D eigenvalue weighted by Crippen LogP contribution is -2.35. The van der Waals surface area contributed by atoms with Crippen LogP contribution in [0.2, 0.25) is 0 Å². The lowest BCUT2D eigenvalue weighted by molar-refractivity contribution is 0.214. The number of amides is 2. The molecule has 1 aromatic rings. The van der Waals surface area contributed by atoms with Gasteiger partial charge in [0.1, 0.15) is 0 Å². The van der Waals surface area contributed by atoms with E-state index in [1.165, 1.54) is 12.8 Å². The quantitative estimate of drug-likeness (QED) is 0.871. The molecule has 2 aliphatic rings. The summed E-state index contributed by atoms with van der Waals surface area (Å²) >= 11 is 0. The third kappa shape index (κ3) is 4.76. The van der Waals surface area contributed by atoms with Crippen molar-refractivity contribution < 1.29 is 13.2 Å². The molecule has 6 nitrogen and oxygen atoms in total. The van der Waals surface area contributed by atoms with Crippen molar-refractivity contribution >= 4 is 21.7 Å².